The first-order valence-electron chi connectivity index (χ1n) is 4.35. The molecule has 0 aliphatic carbocycles. The summed E-state index contributed by atoms with van der Waals surface area (Å²) in [4.78, 5) is 5.08. The standard InChI is InChI=1S/C8H9F3N2S/c9-8(10,11)6-5-12-7(14-6)13-3-1-2-4-13/h5H,1-4H2. The van der Waals surface area contributed by atoms with E-state index in [1.807, 2.05) is 4.90 Å². The van der Waals surface area contributed by atoms with Crippen LogP contribution in [0.1, 0.15) is 17.7 Å². The van der Waals surface area contributed by atoms with Gasteiger partial charge in [0.1, 0.15) is 4.88 Å². The summed E-state index contributed by atoms with van der Waals surface area (Å²) in [7, 11) is 0. The summed E-state index contributed by atoms with van der Waals surface area (Å²) < 4.78 is 36.7. The SMILES string of the molecule is FC(F)(F)c1cnc(N2CCCC2)s1. The van der Waals surface area contributed by atoms with Gasteiger partial charge in [-0.1, -0.05) is 11.3 Å². The van der Waals surface area contributed by atoms with Crippen molar-refractivity contribution < 1.29 is 13.2 Å². The van der Waals surface area contributed by atoms with Gasteiger partial charge in [0, 0.05) is 13.1 Å². The Kier molecular flexibility index (Phi) is 2.38. The quantitative estimate of drug-likeness (QED) is 0.726. The molecule has 1 aliphatic rings. The number of alkyl halides is 3. The highest BCUT2D eigenvalue weighted by Crippen LogP contribution is 2.36. The fraction of sp³-hybridized carbons (Fsp3) is 0.625. The summed E-state index contributed by atoms with van der Waals surface area (Å²) in [5.74, 6) is 0. The average Bonchev–Trinajstić information content (AvgIpc) is 2.73. The van der Waals surface area contributed by atoms with E-state index in [9.17, 15) is 13.2 Å². The molecule has 0 bridgehead atoms. The smallest absolute Gasteiger partial charge is 0.348 e. The van der Waals surface area contributed by atoms with Crippen molar-refractivity contribution in [2.45, 2.75) is 19.0 Å². The van der Waals surface area contributed by atoms with Crippen molar-refractivity contribution >= 4 is 16.5 Å². The second kappa shape index (κ2) is 3.42. The molecule has 2 rings (SSSR count). The summed E-state index contributed by atoms with van der Waals surface area (Å²) in [5.41, 5.74) is 0. The molecule has 1 aliphatic heterocycles. The maximum atomic E-state index is 12.2. The van der Waals surface area contributed by atoms with Crippen LogP contribution >= 0.6 is 11.3 Å². The lowest BCUT2D eigenvalue weighted by Crippen LogP contribution is -2.16. The van der Waals surface area contributed by atoms with E-state index in [1.54, 1.807) is 0 Å². The van der Waals surface area contributed by atoms with E-state index >= 15 is 0 Å². The van der Waals surface area contributed by atoms with Gasteiger partial charge in [0.15, 0.2) is 5.13 Å². The highest BCUT2D eigenvalue weighted by molar-refractivity contribution is 7.15. The zero-order valence-corrected chi connectivity index (χ0v) is 8.16. The van der Waals surface area contributed by atoms with Crippen molar-refractivity contribution in [3.63, 3.8) is 0 Å². The number of thiazole rings is 1. The van der Waals surface area contributed by atoms with Crippen LogP contribution in [0.3, 0.4) is 0 Å². The third-order valence-electron chi connectivity index (χ3n) is 2.15. The van der Waals surface area contributed by atoms with Crippen molar-refractivity contribution in [2.24, 2.45) is 0 Å². The molecule has 1 aromatic heterocycles. The molecule has 14 heavy (non-hydrogen) atoms. The molecule has 0 aromatic carbocycles. The van der Waals surface area contributed by atoms with Crippen LogP contribution in [-0.2, 0) is 6.18 Å². The van der Waals surface area contributed by atoms with Crippen LogP contribution in [0.4, 0.5) is 18.3 Å². The highest BCUT2D eigenvalue weighted by Gasteiger charge is 2.34. The van der Waals surface area contributed by atoms with Crippen LogP contribution in [0, 0.1) is 0 Å². The van der Waals surface area contributed by atoms with E-state index in [4.69, 9.17) is 0 Å². The molecule has 1 fully saturated rings. The van der Waals surface area contributed by atoms with Crippen LogP contribution in [0.15, 0.2) is 6.20 Å². The second-order valence-electron chi connectivity index (χ2n) is 3.20. The van der Waals surface area contributed by atoms with Gasteiger partial charge in [-0.3, -0.25) is 0 Å². The van der Waals surface area contributed by atoms with E-state index in [2.05, 4.69) is 4.98 Å². The van der Waals surface area contributed by atoms with E-state index in [0.717, 1.165) is 43.5 Å². The minimum atomic E-state index is -4.25. The monoisotopic (exact) mass is 222 g/mol. The summed E-state index contributed by atoms with van der Waals surface area (Å²) in [5, 5.41) is 0.495. The van der Waals surface area contributed by atoms with Crippen LogP contribution in [0.25, 0.3) is 0 Å². The van der Waals surface area contributed by atoms with E-state index in [-0.39, 0.29) is 0 Å². The van der Waals surface area contributed by atoms with Crippen molar-refractivity contribution in [3.8, 4) is 0 Å². The van der Waals surface area contributed by atoms with Crippen LogP contribution in [-0.4, -0.2) is 18.1 Å². The predicted octanol–water partition coefficient (Wildman–Crippen LogP) is 2.76. The third kappa shape index (κ3) is 1.84. The van der Waals surface area contributed by atoms with Gasteiger partial charge >= 0.3 is 6.18 Å². The Morgan fingerprint density at radius 3 is 2.43 bits per heavy atom. The number of halogens is 3. The number of rotatable bonds is 1. The first-order chi connectivity index (χ1) is 6.57. The first-order valence-corrected chi connectivity index (χ1v) is 5.17. The molecule has 0 unspecified atom stereocenters. The van der Waals surface area contributed by atoms with Gasteiger partial charge in [0.2, 0.25) is 0 Å². The fourth-order valence-electron chi connectivity index (χ4n) is 1.45. The van der Waals surface area contributed by atoms with Crippen LogP contribution in [0.5, 0.6) is 0 Å². The van der Waals surface area contributed by atoms with Crippen molar-refractivity contribution in [1.82, 2.24) is 4.98 Å². The molecule has 1 aromatic rings. The Morgan fingerprint density at radius 2 is 1.93 bits per heavy atom. The summed E-state index contributed by atoms with van der Waals surface area (Å²) in [6.45, 7) is 1.65. The van der Waals surface area contributed by atoms with Gasteiger partial charge in [0.05, 0.1) is 6.20 Å². The van der Waals surface area contributed by atoms with Gasteiger partial charge in [0.25, 0.3) is 0 Å². The molecule has 0 N–H and O–H groups in total. The molecule has 0 saturated carbocycles. The Bertz CT molecular complexity index is 315. The normalized spacial score (nSPS) is 17.8. The van der Waals surface area contributed by atoms with Gasteiger partial charge in [-0.05, 0) is 12.8 Å². The average molecular weight is 222 g/mol. The minimum Gasteiger partial charge on any atom is -0.348 e. The van der Waals surface area contributed by atoms with Crippen molar-refractivity contribution in [3.05, 3.63) is 11.1 Å². The number of hydrogen-bond acceptors (Lipinski definition) is 3. The van der Waals surface area contributed by atoms with Crippen molar-refractivity contribution in [1.29, 1.82) is 0 Å². The molecule has 0 atom stereocenters. The van der Waals surface area contributed by atoms with E-state index < -0.39 is 11.1 Å². The van der Waals surface area contributed by atoms with Crippen LogP contribution < -0.4 is 4.90 Å². The largest absolute Gasteiger partial charge is 0.427 e. The van der Waals surface area contributed by atoms with E-state index in [0.29, 0.717) is 5.13 Å². The Morgan fingerprint density at radius 1 is 1.29 bits per heavy atom. The summed E-state index contributed by atoms with van der Waals surface area (Å²) in [6.07, 6.45) is -1.25. The van der Waals surface area contributed by atoms with Crippen LogP contribution in [0.2, 0.25) is 0 Å². The molecule has 2 heterocycles. The number of aromatic nitrogens is 1. The molecule has 2 nitrogen and oxygen atoms in total. The van der Waals surface area contributed by atoms with Gasteiger partial charge in [-0.15, -0.1) is 0 Å². The van der Waals surface area contributed by atoms with Gasteiger partial charge in [-0.25, -0.2) is 4.98 Å². The maximum absolute atomic E-state index is 12.2. The van der Waals surface area contributed by atoms with E-state index in [1.165, 1.54) is 0 Å². The van der Waals surface area contributed by atoms with Gasteiger partial charge in [-0.2, -0.15) is 13.2 Å². The Hall–Kier alpha value is -0.780. The fourth-order valence-corrected chi connectivity index (χ4v) is 2.29. The number of nitrogens with zero attached hydrogens (tertiary/aromatic N) is 2. The molecular formula is C8H9F3N2S. The summed E-state index contributed by atoms with van der Waals surface area (Å²) in [6, 6.07) is 0. The Balaban J connectivity index is 2.17. The maximum Gasteiger partial charge on any atom is 0.427 e. The first kappa shape index (κ1) is 9.76. The highest BCUT2D eigenvalue weighted by atomic mass is 32.1. The molecular weight excluding hydrogens is 213 g/mol. The molecule has 6 heteroatoms. The molecule has 78 valence electrons. The lowest BCUT2D eigenvalue weighted by molar-refractivity contribution is -0.134. The molecule has 1 saturated heterocycles. The third-order valence-corrected chi connectivity index (χ3v) is 3.25. The molecule has 0 spiro atoms. The van der Waals surface area contributed by atoms with Crippen molar-refractivity contribution in [2.75, 3.05) is 18.0 Å². The summed E-state index contributed by atoms with van der Waals surface area (Å²) >= 11 is 0.727. The lowest BCUT2D eigenvalue weighted by Gasteiger charge is -2.12. The molecule has 0 radical (unpaired) electrons. The topological polar surface area (TPSA) is 16.1 Å². The zero-order valence-electron chi connectivity index (χ0n) is 7.34. The minimum absolute atomic E-state index is 0.495. The van der Waals surface area contributed by atoms with Gasteiger partial charge < -0.3 is 4.90 Å². The predicted molar refractivity (Wildman–Crippen MR) is 48.6 cm³/mol. The zero-order chi connectivity index (χ0) is 10.2. The number of anilines is 1. The second-order valence-corrected chi connectivity index (χ2v) is 4.21. The molecule has 0 amide bonds. The number of hydrogen-bond donors (Lipinski definition) is 0. The lowest BCUT2D eigenvalue weighted by atomic mass is 10.4. The Labute approximate surface area is 83.4 Å².